The molecule has 3 aromatic rings. The topological polar surface area (TPSA) is 79.1 Å². The Hall–Kier alpha value is -3.67. The molecule has 0 saturated heterocycles. The summed E-state index contributed by atoms with van der Waals surface area (Å²) in [6.45, 7) is 15.8. The third kappa shape index (κ3) is 10.7. The van der Waals surface area contributed by atoms with E-state index in [1.165, 1.54) is 30.5 Å². The van der Waals surface area contributed by atoms with Crippen LogP contribution in [0.1, 0.15) is 109 Å². The number of hydrogen-bond donors (Lipinski definition) is 1. The number of benzene rings is 3. The van der Waals surface area contributed by atoms with E-state index < -0.39 is 11.8 Å². The number of halogens is 1. The predicted molar refractivity (Wildman–Crippen MR) is 167 cm³/mol. The van der Waals surface area contributed by atoms with Crippen LogP contribution in [-0.2, 0) is 17.6 Å². The molecule has 41 heavy (non-hydrogen) atoms. The van der Waals surface area contributed by atoms with E-state index in [0.717, 1.165) is 52.8 Å². The van der Waals surface area contributed by atoms with Gasteiger partial charge in [-0.2, -0.15) is 10.2 Å². The van der Waals surface area contributed by atoms with Crippen molar-refractivity contribution < 1.29 is 19.1 Å². The van der Waals surface area contributed by atoms with Gasteiger partial charge in [-0.25, -0.2) is 4.39 Å². The minimum absolute atomic E-state index is 0.0584. The summed E-state index contributed by atoms with van der Waals surface area (Å²) in [5.41, 5.74) is 8.69. The Morgan fingerprint density at radius 2 is 1.59 bits per heavy atom. The van der Waals surface area contributed by atoms with Crippen molar-refractivity contribution in [3.05, 3.63) is 98.9 Å². The molecular weight excluding hydrogens is 515 g/mol. The van der Waals surface area contributed by atoms with E-state index in [2.05, 4.69) is 56.1 Å². The van der Waals surface area contributed by atoms with Gasteiger partial charge >= 0.3 is 5.97 Å². The number of Topliss-reactive ketones (excluding diaryl/α,β-unsaturated/α-hetero) is 1. The van der Waals surface area contributed by atoms with Gasteiger partial charge < -0.3 is 5.11 Å². The van der Waals surface area contributed by atoms with Gasteiger partial charge in [0, 0.05) is 13.0 Å². The monoisotopic (exact) mass is 562 g/mol. The van der Waals surface area contributed by atoms with Crippen molar-refractivity contribution in [1.82, 2.24) is 0 Å². The number of carboxylic acids is 1. The third-order valence-corrected chi connectivity index (χ3v) is 6.66. The molecule has 0 aromatic heterocycles. The molecule has 0 aliphatic rings. The number of azo groups is 1. The van der Waals surface area contributed by atoms with Crippen molar-refractivity contribution >= 4 is 17.4 Å². The number of aliphatic carboxylic acids is 1. The number of rotatable bonds is 9. The molecule has 222 valence electrons. The zero-order valence-corrected chi connectivity index (χ0v) is 26.3. The SMILES string of the molecule is CC(=O)c1cc(C)ccc1F.CCC.CCCc1ccc(C(CC(=O)O)c2ccc(C)c(N=NC)c2C)cc1CC. The molecule has 0 heterocycles. The van der Waals surface area contributed by atoms with Gasteiger partial charge in [0.15, 0.2) is 5.78 Å². The number of ketones is 1. The molecule has 5 nitrogen and oxygen atoms in total. The fourth-order valence-corrected chi connectivity index (χ4v) is 4.68. The van der Waals surface area contributed by atoms with E-state index >= 15 is 0 Å². The number of carbonyl (C=O) groups is 2. The Morgan fingerprint density at radius 3 is 2.10 bits per heavy atom. The molecule has 0 bridgehead atoms. The van der Waals surface area contributed by atoms with Crippen LogP contribution < -0.4 is 0 Å². The second kappa shape index (κ2) is 17.9. The third-order valence-electron chi connectivity index (χ3n) is 6.66. The smallest absolute Gasteiger partial charge is 0.304 e. The van der Waals surface area contributed by atoms with E-state index in [1.807, 2.05) is 32.9 Å². The standard InChI is InChI=1S/C23H30N2O2.C9H9FO.C3H8/c1-6-8-18-10-11-19(13-17(18)7-2)21(14-22(26)27)20-12-9-15(3)23(16(20)4)25-24-5;1-6-3-4-9(10)8(5-6)7(2)11;1-3-2/h9-13,21H,6-8,14H2,1-5H3,(H,26,27);3-5H,1-2H3;3H2,1-2H3. The van der Waals surface area contributed by atoms with Crippen LogP contribution in [0.2, 0.25) is 0 Å². The number of aryl methyl sites for hydroxylation is 4. The van der Waals surface area contributed by atoms with Gasteiger partial charge in [-0.15, -0.1) is 0 Å². The van der Waals surface area contributed by atoms with Crippen molar-refractivity contribution in [2.75, 3.05) is 7.05 Å². The quantitative estimate of drug-likeness (QED) is 0.208. The molecule has 1 N–H and O–H groups in total. The van der Waals surface area contributed by atoms with Gasteiger partial charge in [0.1, 0.15) is 5.82 Å². The van der Waals surface area contributed by atoms with Gasteiger partial charge in [-0.05, 0) is 86.1 Å². The van der Waals surface area contributed by atoms with Gasteiger partial charge in [0.25, 0.3) is 0 Å². The van der Waals surface area contributed by atoms with Crippen LogP contribution in [0.15, 0.2) is 58.8 Å². The van der Waals surface area contributed by atoms with Crippen molar-refractivity contribution in [1.29, 1.82) is 0 Å². The Morgan fingerprint density at radius 1 is 0.927 bits per heavy atom. The lowest BCUT2D eigenvalue weighted by Gasteiger charge is -2.21. The predicted octanol–water partition coefficient (Wildman–Crippen LogP) is 9.89. The molecule has 0 aliphatic carbocycles. The number of carbonyl (C=O) groups excluding carboxylic acids is 1. The maximum absolute atomic E-state index is 12.8. The van der Waals surface area contributed by atoms with E-state index in [-0.39, 0.29) is 23.7 Å². The average molecular weight is 563 g/mol. The summed E-state index contributed by atoms with van der Waals surface area (Å²) in [5.74, 6) is -1.67. The molecule has 0 spiro atoms. The van der Waals surface area contributed by atoms with E-state index in [4.69, 9.17) is 0 Å². The highest BCUT2D eigenvalue weighted by Gasteiger charge is 2.22. The van der Waals surface area contributed by atoms with Crippen LogP contribution in [0, 0.1) is 26.6 Å². The van der Waals surface area contributed by atoms with E-state index in [1.54, 1.807) is 19.2 Å². The first-order chi connectivity index (χ1) is 19.4. The normalized spacial score (nSPS) is 11.3. The number of hydrogen-bond acceptors (Lipinski definition) is 4. The Kier molecular flexibility index (Phi) is 15.4. The first-order valence-electron chi connectivity index (χ1n) is 14.5. The molecule has 0 radical (unpaired) electrons. The summed E-state index contributed by atoms with van der Waals surface area (Å²) in [5, 5.41) is 17.7. The zero-order chi connectivity index (χ0) is 31.1. The van der Waals surface area contributed by atoms with Crippen LogP contribution in [0.5, 0.6) is 0 Å². The average Bonchev–Trinajstić information content (AvgIpc) is 2.92. The maximum atomic E-state index is 12.8. The highest BCUT2D eigenvalue weighted by molar-refractivity contribution is 5.94. The second-order valence-corrected chi connectivity index (χ2v) is 10.3. The van der Waals surface area contributed by atoms with E-state index in [9.17, 15) is 19.1 Å². The lowest BCUT2D eigenvalue weighted by molar-refractivity contribution is -0.137. The van der Waals surface area contributed by atoms with E-state index in [0.29, 0.717) is 0 Å². The highest BCUT2D eigenvalue weighted by Crippen LogP contribution is 2.37. The van der Waals surface area contributed by atoms with Gasteiger partial charge in [0.2, 0.25) is 0 Å². The molecule has 3 aromatic carbocycles. The summed E-state index contributed by atoms with van der Waals surface area (Å²) < 4.78 is 12.8. The molecule has 0 aliphatic heterocycles. The van der Waals surface area contributed by atoms with Crippen molar-refractivity contribution in [3.8, 4) is 0 Å². The second-order valence-electron chi connectivity index (χ2n) is 10.3. The number of nitrogens with zero attached hydrogens (tertiary/aromatic N) is 2. The van der Waals surface area contributed by atoms with Crippen LogP contribution in [0.25, 0.3) is 0 Å². The molecule has 1 unspecified atom stereocenters. The molecule has 1 atom stereocenters. The minimum Gasteiger partial charge on any atom is -0.481 e. The van der Waals surface area contributed by atoms with Crippen molar-refractivity contribution in [3.63, 3.8) is 0 Å². The minimum atomic E-state index is -0.797. The Labute approximate surface area is 245 Å². The van der Waals surface area contributed by atoms with Crippen LogP contribution in [0.3, 0.4) is 0 Å². The summed E-state index contributed by atoms with van der Waals surface area (Å²) in [4.78, 5) is 22.4. The van der Waals surface area contributed by atoms with Gasteiger partial charge in [-0.1, -0.05) is 82.5 Å². The molecule has 3 rings (SSSR count). The lowest BCUT2D eigenvalue weighted by atomic mass is 9.83. The largest absolute Gasteiger partial charge is 0.481 e. The van der Waals surface area contributed by atoms with Crippen LogP contribution in [-0.4, -0.2) is 23.9 Å². The molecule has 0 saturated carbocycles. The summed E-state index contributed by atoms with van der Waals surface area (Å²) in [6, 6.07) is 15.0. The van der Waals surface area contributed by atoms with Crippen LogP contribution >= 0.6 is 0 Å². The molecule has 0 amide bonds. The lowest BCUT2D eigenvalue weighted by Crippen LogP contribution is -2.10. The summed E-state index contributed by atoms with van der Waals surface area (Å²) in [7, 11) is 1.65. The zero-order valence-electron chi connectivity index (χ0n) is 26.3. The van der Waals surface area contributed by atoms with Gasteiger partial charge in [-0.3, -0.25) is 9.59 Å². The van der Waals surface area contributed by atoms with Gasteiger partial charge in [0.05, 0.1) is 17.7 Å². The molecular formula is C35H47FN2O3. The summed E-state index contributed by atoms with van der Waals surface area (Å²) in [6.07, 6.45) is 4.42. The first kappa shape index (κ1) is 35.4. The molecule has 0 fully saturated rings. The first-order valence-corrected chi connectivity index (χ1v) is 14.5. The summed E-state index contributed by atoms with van der Waals surface area (Å²) >= 11 is 0. The highest BCUT2D eigenvalue weighted by atomic mass is 19.1. The number of carboxylic acid groups (broad SMARTS) is 1. The van der Waals surface area contributed by atoms with Crippen molar-refractivity contribution in [2.24, 2.45) is 10.2 Å². The van der Waals surface area contributed by atoms with Crippen molar-refractivity contribution in [2.45, 2.75) is 93.4 Å². The fraction of sp³-hybridized carbons (Fsp3) is 0.429. The maximum Gasteiger partial charge on any atom is 0.304 e. The van der Waals surface area contributed by atoms with Crippen LogP contribution in [0.4, 0.5) is 10.1 Å². The Bertz CT molecular complexity index is 1330. The fourth-order valence-electron chi connectivity index (χ4n) is 4.68. The molecule has 6 heteroatoms. The Balaban J connectivity index is 0.000000496.